The van der Waals surface area contributed by atoms with Crippen LogP contribution in [0.1, 0.15) is 43.7 Å². The predicted molar refractivity (Wildman–Crippen MR) is 60.4 cm³/mol. The van der Waals surface area contributed by atoms with Crippen LogP contribution in [0.2, 0.25) is 0 Å². The van der Waals surface area contributed by atoms with E-state index < -0.39 is 0 Å². The highest BCUT2D eigenvalue weighted by molar-refractivity contribution is 5.33. The Bertz CT molecular complexity index is 342. The first-order chi connectivity index (χ1) is 7.16. The number of benzene rings is 1. The maximum absolute atomic E-state index is 13.1. The highest BCUT2D eigenvalue weighted by atomic mass is 19.1. The van der Waals surface area contributed by atoms with Crippen molar-refractivity contribution in [1.29, 1.82) is 0 Å². The Morgan fingerprint density at radius 1 is 1.40 bits per heavy atom. The largest absolute Gasteiger partial charge is 0.310 e. The third kappa shape index (κ3) is 2.78. The van der Waals surface area contributed by atoms with Gasteiger partial charge in [-0.2, -0.15) is 0 Å². The van der Waals surface area contributed by atoms with Crippen LogP contribution in [0.5, 0.6) is 0 Å². The van der Waals surface area contributed by atoms with Crippen molar-refractivity contribution in [3.63, 3.8) is 0 Å². The van der Waals surface area contributed by atoms with Crippen molar-refractivity contribution in [1.82, 2.24) is 5.32 Å². The molecular formula is C13H18FN. The number of nitrogens with one attached hydrogen (secondary N) is 1. The molecule has 0 radical (unpaired) electrons. The fraction of sp³-hybridized carbons (Fsp3) is 0.538. The van der Waals surface area contributed by atoms with Gasteiger partial charge in [0, 0.05) is 12.6 Å². The minimum absolute atomic E-state index is 0.125. The Labute approximate surface area is 90.7 Å². The van der Waals surface area contributed by atoms with Gasteiger partial charge in [0.25, 0.3) is 0 Å². The zero-order valence-corrected chi connectivity index (χ0v) is 9.39. The predicted octanol–water partition coefficient (Wildman–Crippen LogP) is 3.20. The molecule has 1 aliphatic rings. The summed E-state index contributed by atoms with van der Waals surface area (Å²) in [6, 6.07) is 5.64. The van der Waals surface area contributed by atoms with E-state index in [1.807, 2.05) is 6.07 Å². The minimum atomic E-state index is -0.125. The molecule has 0 saturated heterocycles. The Morgan fingerprint density at radius 3 is 2.73 bits per heavy atom. The van der Waals surface area contributed by atoms with Gasteiger partial charge in [0.2, 0.25) is 0 Å². The molecule has 2 heteroatoms. The smallest absolute Gasteiger partial charge is 0.123 e. The first-order valence-electron chi connectivity index (χ1n) is 5.68. The molecule has 15 heavy (non-hydrogen) atoms. The van der Waals surface area contributed by atoms with Gasteiger partial charge in [0.15, 0.2) is 0 Å². The topological polar surface area (TPSA) is 12.0 Å². The molecular weight excluding hydrogens is 189 g/mol. The Hall–Kier alpha value is -0.890. The average molecular weight is 207 g/mol. The first-order valence-corrected chi connectivity index (χ1v) is 5.68. The SMILES string of the molecule is CC(C)NCc1cc(F)ccc1C1CC1. The van der Waals surface area contributed by atoms with E-state index in [1.54, 1.807) is 12.1 Å². The lowest BCUT2D eigenvalue weighted by atomic mass is 10.0. The molecule has 1 nitrogen and oxygen atoms in total. The van der Waals surface area contributed by atoms with Crippen LogP contribution in [0.3, 0.4) is 0 Å². The monoisotopic (exact) mass is 207 g/mol. The van der Waals surface area contributed by atoms with Gasteiger partial charge in [-0.25, -0.2) is 4.39 Å². The van der Waals surface area contributed by atoms with Gasteiger partial charge in [0.05, 0.1) is 0 Å². The molecule has 0 aromatic heterocycles. The summed E-state index contributed by atoms with van der Waals surface area (Å²) in [5, 5.41) is 3.35. The van der Waals surface area contributed by atoms with Crippen LogP contribution < -0.4 is 5.32 Å². The first kappa shape index (κ1) is 10.6. The lowest BCUT2D eigenvalue weighted by Gasteiger charge is -2.12. The van der Waals surface area contributed by atoms with Crippen molar-refractivity contribution in [2.45, 2.75) is 45.2 Å². The van der Waals surface area contributed by atoms with Crippen LogP contribution in [0.25, 0.3) is 0 Å². The van der Waals surface area contributed by atoms with E-state index in [9.17, 15) is 4.39 Å². The Balaban J connectivity index is 2.14. The fourth-order valence-electron chi connectivity index (χ4n) is 1.83. The summed E-state index contributed by atoms with van der Waals surface area (Å²) >= 11 is 0. The Kier molecular flexibility index (Phi) is 3.06. The van der Waals surface area contributed by atoms with Gasteiger partial charge in [-0.05, 0) is 42.0 Å². The lowest BCUT2D eigenvalue weighted by molar-refractivity contribution is 0.578. The van der Waals surface area contributed by atoms with Crippen LogP contribution in [0, 0.1) is 5.82 Å². The van der Waals surface area contributed by atoms with Crippen molar-refractivity contribution in [2.75, 3.05) is 0 Å². The highest BCUT2D eigenvalue weighted by Crippen LogP contribution is 2.41. The second-order valence-corrected chi connectivity index (χ2v) is 4.65. The molecule has 0 atom stereocenters. The molecule has 1 aromatic rings. The third-order valence-corrected chi connectivity index (χ3v) is 2.82. The Morgan fingerprint density at radius 2 is 2.13 bits per heavy atom. The van der Waals surface area contributed by atoms with Crippen molar-refractivity contribution < 1.29 is 4.39 Å². The second-order valence-electron chi connectivity index (χ2n) is 4.65. The van der Waals surface area contributed by atoms with E-state index in [0.717, 1.165) is 12.1 Å². The van der Waals surface area contributed by atoms with E-state index in [0.29, 0.717) is 12.0 Å². The zero-order valence-electron chi connectivity index (χ0n) is 9.39. The van der Waals surface area contributed by atoms with E-state index in [4.69, 9.17) is 0 Å². The molecule has 82 valence electrons. The van der Waals surface area contributed by atoms with Crippen LogP contribution in [-0.2, 0) is 6.54 Å². The molecule has 1 saturated carbocycles. The van der Waals surface area contributed by atoms with Crippen LogP contribution in [0.15, 0.2) is 18.2 Å². The molecule has 2 rings (SSSR count). The van der Waals surface area contributed by atoms with Crippen molar-refractivity contribution in [3.05, 3.63) is 35.1 Å². The van der Waals surface area contributed by atoms with Gasteiger partial charge in [0.1, 0.15) is 5.82 Å². The third-order valence-electron chi connectivity index (χ3n) is 2.82. The number of halogens is 1. The maximum atomic E-state index is 13.1. The van der Waals surface area contributed by atoms with Gasteiger partial charge < -0.3 is 5.32 Å². The zero-order chi connectivity index (χ0) is 10.8. The summed E-state index contributed by atoms with van der Waals surface area (Å²) in [4.78, 5) is 0. The fourth-order valence-corrected chi connectivity index (χ4v) is 1.83. The molecule has 0 amide bonds. The molecule has 0 aliphatic heterocycles. The molecule has 0 heterocycles. The van der Waals surface area contributed by atoms with Gasteiger partial charge in [-0.1, -0.05) is 19.9 Å². The van der Waals surface area contributed by atoms with Gasteiger partial charge >= 0.3 is 0 Å². The van der Waals surface area contributed by atoms with Crippen LogP contribution in [0.4, 0.5) is 4.39 Å². The quantitative estimate of drug-likeness (QED) is 0.799. The van der Waals surface area contributed by atoms with Crippen molar-refractivity contribution in [3.8, 4) is 0 Å². The summed E-state index contributed by atoms with van der Waals surface area (Å²) < 4.78 is 13.1. The average Bonchev–Trinajstić information content (AvgIpc) is 2.98. The summed E-state index contributed by atoms with van der Waals surface area (Å²) in [6.45, 7) is 4.99. The number of rotatable bonds is 4. The van der Waals surface area contributed by atoms with Crippen LogP contribution in [-0.4, -0.2) is 6.04 Å². The summed E-state index contributed by atoms with van der Waals surface area (Å²) in [6.07, 6.45) is 2.53. The molecule has 1 N–H and O–H groups in total. The van der Waals surface area contributed by atoms with Gasteiger partial charge in [-0.15, -0.1) is 0 Å². The highest BCUT2D eigenvalue weighted by Gasteiger charge is 2.25. The molecule has 1 aliphatic carbocycles. The summed E-state index contributed by atoms with van der Waals surface area (Å²) in [5.74, 6) is 0.564. The van der Waals surface area contributed by atoms with E-state index in [2.05, 4.69) is 19.2 Å². The molecule has 1 fully saturated rings. The summed E-state index contributed by atoms with van der Waals surface area (Å²) in [5.41, 5.74) is 2.47. The lowest BCUT2D eigenvalue weighted by Crippen LogP contribution is -2.22. The van der Waals surface area contributed by atoms with Gasteiger partial charge in [-0.3, -0.25) is 0 Å². The molecule has 0 bridgehead atoms. The number of hydrogen-bond donors (Lipinski definition) is 1. The standard InChI is InChI=1S/C13H18FN/c1-9(2)15-8-11-7-12(14)5-6-13(11)10-3-4-10/h5-7,9-10,15H,3-4,8H2,1-2H3. The van der Waals surface area contributed by atoms with Crippen molar-refractivity contribution in [2.24, 2.45) is 0 Å². The molecule has 1 aromatic carbocycles. The van der Waals surface area contributed by atoms with E-state index in [1.165, 1.54) is 18.4 Å². The molecule has 0 spiro atoms. The second kappa shape index (κ2) is 4.31. The molecule has 0 unspecified atom stereocenters. The number of hydrogen-bond acceptors (Lipinski definition) is 1. The maximum Gasteiger partial charge on any atom is 0.123 e. The van der Waals surface area contributed by atoms with E-state index >= 15 is 0 Å². The van der Waals surface area contributed by atoms with Crippen molar-refractivity contribution >= 4 is 0 Å². The minimum Gasteiger partial charge on any atom is -0.310 e. The normalized spacial score (nSPS) is 16.0. The van der Waals surface area contributed by atoms with E-state index in [-0.39, 0.29) is 5.82 Å². The summed E-state index contributed by atoms with van der Waals surface area (Å²) in [7, 11) is 0. The van der Waals surface area contributed by atoms with Crippen LogP contribution >= 0.6 is 0 Å².